The quantitative estimate of drug-likeness (QED) is 0.611. The van der Waals surface area contributed by atoms with Gasteiger partial charge < -0.3 is 10.6 Å². The van der Waals surface area contributed by atoms with Crippen molar-refractivity contribution < 1.29 is 9.72 Å². The van der Waals surface area contributed by atoms with Gasteiger partial charge in [0.1, 0.15) is 0 Å². The first kappa shape index (κ1) is 14.9. The maximum atomic E-state index is 12.1. The molecule has 1 amide bonds. The Kier molecular flexibility index (Phi) is 5.29. The van der Waals surface area contributed by atoms with Crippen LogP contribution in [0.3, 0.4) is 0 Å². The normalized spacial score (nSPS) is 11.7. The number of nitrogens with one attached hydrogen (secondary N) is 2. The van der Waals surface area contributed by atoms with Gasteiger partial charge >= 0.3 is 0 Å². The number of non-ortho nitro benzene ring substituents is 1. The molecule has 0 saturated carbocycles. The number of amides is 1. The highest BCUT2D eigenvalue weighted by molar-refractivity contribution is 6.00. The van der Waals surface area contributed by atoms with Crippen LogP contribution in [0.2, 0.25) is 0 Å². The van der Waals surface area contributed by atoms with Crippen LogP contribution in [0, 0.1) is 10.1 Å². The fourth-order valence-electron chi connectivity index (χ4n) is 1.86. The summed E-state index contributed by atoms with van der Waals surface area (Å²) >= 11 is 0. The molecule has 0 fully saturated rings. The lowest BCUT2D eigenvalue weighted by Gasteiger charge is -2.14. The Morgan fingerprint density at radius 3 is 2.68 bits per heavy atom. The van der Waals surface area contributed by atoms with Crippen LogP contribution in [-0.2, 0) is 0 Å². The minimum absolute atomic E-state index is 0.0430. The van der Waals surface area contributed by atoms with Gasteiger partial charge in [-0.25, -0.2) is 0 Å². The molecule has 0 saturated heterocycles. The number of hydrogen-bond acceptors (Lipinski definition) is 4. The average molecular weight is 265 g/mol. The molecule has 0 aliphatic rings. The summed E-state index contributed by atoms with van der Waals surface area (Å²) in [4.78, 5) is 22.4. The molecule has 6 heteroatoms. The van der Waals surface area contributed by atoms with E-state index >= 15 is 0 Å². The summed E-state index contributed by atoms with van der Waals surface area (Å²) in [5.41, 5.74) is 0.777. The van der Waals surface area contributed by atoms with Gasteiger partial charge in [0.05, 0.1) is 10.5 Å². The number of carbonyl (C=O) groups is 1. The van der Waals surface area contributed by atoms with Gasteiger partial charge in [0, 0.05) is 30.9 Å². The summed E-state index contributed by atoms with van der Waals surface area (Å²) in [6.45, 7) is 3.95. The van der Waals surface area contributed by atoms with Gasteiger partial charge in [-0.1, -0.05) is 13.3 Å². The first-order valence-corrected chi connectivity index (χ1v) is 6.26. The standard InChI is InChI=1S/C13H19N3O3/c1-4-5-9(2)15-13(17)11-8-10(16(18)19)6-7-12(11)14-3/h6-9,14H,4-5H2,1-3H3,(H,15,17). The van der Waals surface area contributed by atoms with Gasteiger partial charge in [-0.15, -0.1) is 0 Å². The summed E-state index contributed by atoms with van der Waals surface area (Å²) in [7, 11) is 1.67. The number of rotatable bonds is 6. The summed E-state index contributed by atoms with van der Waals surface area (Å²) in [5, 5.41) is 16.5. The van der Waals surface area contributed by atoms with Crippen molar-refractivity contribution in [1.82, 2.24) is 5.32 Å². The smallest absolute Gasteiger partial charge is 0.270 e. The van der Waals surface area contributed by atoms with Crippen molar-refractivity contribution in [2.75, 3.05) is 12.4 Å². The zero-order valence-corrected chi connectivity index (χ0v) is 11.4. The Bertz CT molecular complexity index is 474. The third-order valence-corrected chi connectivity index (χ3v) is 2.83. The van der Waals surface area contributed by atoms with Crippen LogP contribution in [0.4, 0.5) is 11.4 Å². The molecule has 0 aliphatic carbocycles. The summed E-state index contributed by atoms with van der Waals surface area (Å²) < 4.78 is 0. The second-order valence-electron chi connectivity index (χ2n) is 4.40. The van der Waals surface area contributed by atoms with Crippen molar-refractivity contribution >= 4 is 17.3 Å². The molecule has 1 atom stereocenters. The Balaban J connectivity index is 2.99. The van der Waals surface area contributed by atoms with Crippen molar-refractivity contribution in [1.29, 1.82) is 0 Å². The van der Waals surface area contributed by atoms with Crippen molar-refractivity contribution in [3.8, 4) is 0 Å². The molecular formula is C13H19N3O3. The summed E-state index contributed by atoms with van der Waals surface area (Å²) in [6, 6.07) is 4.25. The molecule has 0 aliphatic heterocycles. The number of nitro benzene ring substituents is 1. The molecular weight excluding hydrogens is 246 g/mol. The van der Waals surface area contributed by atoms with E-state index in [1.54, 1.807) is 7.05 Å². The number of benzene rings is 1. The molecule has 1 rings (SSSR count). The lowest BCUT2D eigenvalue weighted by Crippen LogP contribution is -2.32. The van der Waals surface area contributed by atoms with Crippen LogP contribution in [0.5, 0.6) is 0 Å². The van der Waals surface area contributed by atoms with Gasteiger partial charge in [-0.3, -0.25) is 14.9 Å². The third-order valence-electron chi connectivity index (χ3n) is 2.83. The highest BCUT2D eigenvalue weighted by atomic mass is 16.6. The first-order valence-electron chi connectivity index (χ1n) is 6.26. The zero-order valence-electron chi connectivity index (χ0n) is 11.4. The van der Waals surface area contributed by atoms with Crippen molar-refractivity contribution in [2.45, 2.75) is 32.7 Å². The van der Waals surface area contributed by atoms with E-state index in [0.717, 1.165) is 12.8 Å². The van der Waals surface area contributed by atoms with E-state index in [-0.39, 0.29) is 17.6 Å². The monoisotopic (exact) mass is 265 g/mol. The maximum Gasteiger partial charge on any atom is 0.270 e. The van der Waals surface area contributed by atoms with Crippen LogP contribution in [0.1, 0.15) is 37.0 Å². The number of nitro groups is 1. The molecule has 0 heterocycles. The van der Waals surface area contributed by atoms with Crippen molar-refractivity contribution in [3.05, 3.63) is 33.9 Å². The molecule has 0 bridgehead atoms. The summed E-state index contributed by atoms with van der Waals surface area (Å²) in [6.07, 6.45) is 1.84. The molecule has 1 unspecified atom stereocenters. The van der Waals surface area contributed by atoms with E-state index in [1.807, 2.05) is 13.8 Å². The molecule has 2 N–H and O–H groups in total. The first-order chi connectivity index (χ1) is 8.99. The lowest BCUT2D eigenvalue weighted by molar-refractivity contribution is -0.384. The van der Waals surface area contributed by atoms with Crippen molar-refractivity contribution in [3.63, 3.8) is 0 Å². The fourth-order valence-corrected chi connectivity index (χ4v) is 1.86. The fraction of sp³-hybridized carbons (Fsp3) is 0.462. The van der Waals surface area contributed by atoms with E-state index in [1.165, 1.54) is 18.2 Å². The average Bonchev–Trinajstić information content (AvgIpc) is 2.37. The molecule has 19 heavy (non-hydrogen) atoms. The highest BCUT2D eigenvalue weighted by Crippen LogP contribution is 2.22. The Morgan fingerprint density at radius 1 is 1.47 bits per heavy atom. The Morgan fingerprint density at radius 2 is 2.16 bits per heavy atom. The molecule has 1 aromatic rings. The van der Waals surface area contributed by atoms with E-state index in [2.05, 4.69) is 10.6 Å². The minimum atomic E-state index is -0.508. The topological polar surface area (TPSA) is 84.3 Å². The maximum absolute atomic E-state index is 12.1. The van der Waals surface area contributed by atoms with E-state index in [9.17, 15) is 14.9 Å². The second kappa shape index (κ2) is 6.72. The van der Waals surface area contributed by atoms with E-state index in [0.29, 0.717) is 11.3 Å². The highest BCUT2D eigenvalue weighted by Gasteiger charge is 2.17. The van der Waals surface area contributed by atoms with E-state index in [4.69, 9.17) is 0 Å². The SMILES string of the molecule is CCCC(C)NC(=O)c1cc([N+](=O)[O-])ccc1NC. The van der Waals surface area contributed by atoms with Gasteiger partial charge in [0.2, 0.25) is 0 Å². The Hall–Kier alpha value is -2.11. The van der Waals surface area contributed by atoms with E-state index < -0.39 is 4.92 Å². The molecule has 0 spiro atoms. The van der Waals surface area contributed by atoms with Gasteiger partial charge in [-0.2, -0.15) is 0 Å². The van der Waals surface area contributed by atoms with Crippen molar-refractivity contribution in [2.24, 2.45) is 0 Å². The predicted octanol–water partition coefficient (Wildman–Crippen LogP) is 2.55. The minimum Gasteiger partial charge on any atom is -0.387 e. The number of nitrogens with zero attached hydrogens (tertiary/aromatic N) is 1. The Labute approximate surface area is 112 Å². The lowest BCUT2D eigenvalue weighted by atomic mass is 10.1. The largest absolute Gasteiger partial charge is 0.387 e. The summed E-state index contributed by atoms with van der Waals surface area (Å²) in [5.74, 6) is -0.297. The number of hydrogen-bond donors (Lipinski definition) is 2. The molecule has 0 radical (unpaired) electrons. The van der Waals surface area contributed by atoms with Gasteiger partial charge in [-0.05, 0) is 19.4 Å². The molecule has 6 nitrogen and oxygen atoms in total. The number of carbonyl (C=O) groups excluding carboxylic acids is 1. The second-order valence-corrected chi connectivity index (χ2v) is 4.40. The number of anilines is 1. The van der Waals surface area contributed by atoms with Gasteiger partial charge in [0.25, 0.3) is 11.6 Å². The van der Waals surface area contributed by atoms with Gasteiger partial charge in [0.15, 0.2) is 0 Å². The van der Waals surface area contributed by atoms with Crippen LogP contribution in [-0.4, -0.2) is 23.9 Å². The van der Waals surface area contributed by atoms with Crippen LogP contribution >= 0.6 is 0 Å². The molecule has 1 aromatic carbocycles. The molecule has 0 aromatic heterocycles. The van der Waals surface area contributed by atoms with Crippen LogP contribution < -0.4 is 10.6 Å². The third kappa shape index (κ3) is 3.94. The van der Waals surface area contributed by atoms with Crippen LogP contribution in [0.25, 0.3) is 0 Å². The van der Waals surface area contributed by atoms with Crippen LogP contribution in [0.15, 0.2) is 18.2 Å². The predicted molar refractivity (Wildman–Crippen MR) is 74.5 cm³/mol. The molecule has 104 valence electrons. The zero-order chi connectivity index (χ0) is 14.4.